The molecule has 0 saturated heterocycles. The first-order valence-electron chi connectivity index (χ1n) is 8.14. The van der Waals surface area contributed by atoms with Crippen LogP contribution in [0.2, 0.25) is 0 Å². The van der Waals surface area contributed by atoms with Crippen molar-refractivity contribution >= 4 is 22.9 Å². The van der Waals surface area contributed by atoms with Gasteiger partial charge in [0.15, 0.2) is 0 Å². The lowest BCUT2D eigenvalue weighted by molar-refractivity contribution is -0.121. The lowest BCUT2D eigenvalue weighted by Gasteiger charge is -2.05. The minimum Gasteiger partial charge on any atom is -0.478 e. The third-order valence-corrected chi connectivity index (χ3v) is 3.96. The van der Waals surface area contributed by atoms with Gasteiger partial charge in [0.1, 0.15) is 5.82 Å². The Hall–Kier alpha value is -3.15. The molecule has 1 amide bonds. The second kappa shape index (κ2) is 7.61. The number of aromatic carboxylic acids is 1. The number of para-hydroxylation sites is 2. The Morgan fingerprint density at radius 2 is 1.80 bits per heavy atom. The van der Waals surface area contributed by atoms with E-state index in [9.17, 15) is 9.59 Å². The number of H-pyrrole nitrogens is 1. The number of hydrogen-bond acceptors (Lipinski definition) is 3. The molecule has 0 aliphatic rings. The molecule has 0 aliphatic carbocycles. The highest BCUT2D eigenvalue weighted by Gasteiger charge is 2.06. The quantitative estimate of drug-likeness (QED) is 0.617. The predicted molar refractivity (Wildman–Crippen MR) is 94.5 cm³/mol. The predicted octanol–water partition coefficient (Wildman–Crippen LogP) is 2.55. The zero-order chi connectivity index (χ0) is 17.6. The second-order valence-electron chi connectivity index (χ2n) is 5.80. The summed E-state index contributed by atoms with van der Waals surface area (Å²) in [5.74, 6) is -0.126. The number of amides is 1. The number of aryl methyl sites for hydroxylation is 1. The number of carbonyl (C=O) groups excluding carboxylic acids is 1. The van der Waals surface area contributed by atoms with Crippen molar-refractivity contribution in [2.24, 2.45) is 0 Å². The molecule has 6 nitrogen and oxygen atoms in total. The molecule has 0 saturated carbocycles. The molecule has 1 aromatic heterocycles. The largest absolute Gasteiger partial charge is 0.478 e. The number of carboxylic acids is 1. The van der Waals surface area contributed by atoms with Gasteiger partial charge in [-0.25, -0.2) is 9.78 Å². The Morgan fingerprint density at radius 3 is 2.52 bits per heavy atom. The van der Waals surface area contributed by atoms with Crippen LogP contribution in [0.25, 0.3) is 11.0 Å². The molecule has 0 atom stereocenters. The number of aromatic amines is 1. The van der Waals surface area contributed by atoms with Crippen LogP contribution in [-0.2, 0) is 17.6 Å². The lowest BCUT2D eigenvalue weighted by atomic mass is 10.1. The zero-order valence-electron chi connectivity index (χ0n) is 13.7. The average molecular weight is 337 g/mol. The summed E-state index contributed by atoms with van der Waals surface area (Å²) in [5.41, 5.74) is 3.11. The van der Waals surface area contributed by atoms with Crippen LogP contribution in [-0.4, -0.2) is 33.5 Å². The molecule has 0 unspecified atom stereocenters. The molecule has 6 heteroatoms. The van der Waals surface area contributed by atoms with E-state index in [-0.39, 0.29) is 11.5 Å². The average Bonchev–Trinajstić information content (AvgIpc) is 3.03. The Bertz CT molecular complexity index is 851. The van der Waals surface area contributed by atoms with Crippen molar-refractivity contribution in [3.8, 4) is 0 Å². The summed E-state index contributed by atoms with van der Waals surface area (Å²) in [5, 5.41) is 11.7. The van der Waals surface area contributed by atoms with E-state index in [4.69, 9.17) is 5.11 Å². The fraction of sp³-hybridized carbons (Fsp3) is 0.211. The molecule has 0 aliphatic heterocycles. The first kappa shape index (κ1) is 16.7. The molecule has 3 N–H and O–H groups in total. The van der Waals surface area contributed by atoms with Crippen molar-refractivity contribution in [3.05, 3.63) is 65.5 Å². The van der Waals surface area contributed by atoms with Crippen molar-refractivity contribution in [1.82, 2.24) is 15.3 Å². The van der Waals surface area contributed by atoms with E-state index in [2.05, 4.69) is 15.3 Å². The fourth-order valence-electron chi connectivity index (χ4n) is 2.60. The van der Waals surface area contributed by atoms with E-state index in [1.807, 2.05) is 24.3 Å². The van der Waals surface area contributed by atoms with Crippen LogP contribution in [0.3, 0.4) is 0 Å². The second-order valence-corrected chi connectivity index (χ2v) is 5.80. The van der Waals surface area contributed by atoms with E-state index >= 15 is 0 Å². The Morgan fingerprint density at radius 1 is 1.04 bits per heavy atom. The smallest absolute Gasteiger partial charge is 0.335 e. The minimum atomic E-state index is -0.949. The van der Waals surface area contributed by atoms with Crippen molar-refractivity contribution in [2.45, 2.75) is 19.3 Å². The molecule has 0 spiro atoms. The van der Waals surface area contributed by atoms with Crippen LogP contribution in [0.4, 0.5) is 0 Å². The highest BCUT2D eigenvalue weighted by Crippen LogP contribution is 2.10. The van der Waals surface area contributed by atoms with Gasteiger partial charge >= 0.3 is 5.97 Å². The molecule has 0 bridgehead atoms. The Balaban J connectivity index is 1.42. The van der Waals surface area contributed by atoms with E-state index in [0.717, 1.165) is 22.4 Å². The van der Waals surface area contributed by atoms with Crippen LogP contribution in [0.15, 0.2) is 48.5 Å². The van der Waals surface area contributed by atoms with Crippen molar-refractivity contribution in [1.29, 1.82) is 0 Å². The van der Waals surface area contributed by atoms with Gasteiger partial charge in [0.05, 0.1) is 16.6 Å². The Labute approximate surface area is 144 Å². The van der Waals surface area contributed by atoms with Crippen LogP contribution in [0.5, 0.6) is 0 Å². The molecule has 25 heavy (non-hydrogen) atoms. The molecular formula is C19H19N3O3. The van der Waals surface area contributed by atoms with Crippen LogP contribution in [0, 0.1) is 0 Å². The van der Waals surface area contributed by atoms with E-state index in [0.29, 0.717) is 25.8 Å². The van der Waals surface area contributed by atoms with Gasteiger partial charge < -0.3 is 15.4 Å². The molecular weight excluding hydrogens is 318 g/mol. The van der Waals surface area contributed by atoms with E-state index in [1.165, 1.54) is 0 Å². The third-order valence-electron chi connectivity index (χ3n) is 3.96. The summed E-state index contributed by atoms with van der Waals surface area (Å²) in [4.78, 5) is 30.4. The number of nitrogens with one attached hydrogen (secondary N) is 2. The number of carboxylic acid groups (broad SMARTS) is 1. The van der Waals surface area contributed by atoms with Crippen molar-refractivity contribution in [3.63, 3.8) is 0 Å². The molecule has 0 radical (unpaired) electrons. The number of aromatic nitrogens is 2. The highest BCUT2D eigenvalue weighted by molar-refractivity contribution is 5.87. The standard InChI is InChI=1S/C19H19N3O3/c23-18(10-7-13-5-8-14(9-6-13)19(24)25)20-12-11-17-21-15-3-1-2-4-16(15)22-17/h1-6,8-9H,7,10-12H2,(H,20,23)(H,21,22)(H,24,25). The number of benzene rings is 2. The van der Waals surface area contributed by atoms with Gasteiger partial charge in [0.2, 0.25) is 5.91 Å². The van der Waals surface area contributed by atoms with Gasteiger partial charge in [-0.1, -0.05) is 24.3 Å². The summed E-state index contributed by atoms with van der Waals surface area (Å²) in [7, 11) is 0. The van der Waals surface area contributed by atoms with Gasteiger partial charge in [-0.2, -0.15) is 0 Å². The zero-order valence-corrected chi connectivity index (χ0v) is 13.7. The number of nitrogens with zero attached hydrogens (tertiary/aromatic N) is 1. The maximum atomic E-state index is 11.9. The Kier molecular flexibility index (Phi) is 5.09. The SMILES string of the molecule is O=C(CCc1ccc(C(=O)O)cc1)NCCc1nc2ccccc2[nH]1. The summed E-state index contributed by atoms with van der Waals surface area (Å²) in [6.45, 7) is 0.524. The fourth-order valence-corrected chi connectivity index (χ4v) is 2.60. The molecule has 1 heterocycles. The van der Waals surface area contributed by atoms with Crippen LogP contribution >= 0.6 is 0 Å². The van der Waals surface area contributed by atoms with Gasteiger partial charge in [0.25, 0.3) is 0 Å². The summed E-state index contributed by atoms with van der Waals surface area (Å²) in [6, 6.07) is 14.4. The highest BCUT2D eigenvalue weighted by atomic mass is 16.4. The summed E-state index contributed by atoms with van der Waals surface area (Å²) in [6.07, 6.45) is 1.59. The minimum absolute atomic E-state index is 0.0292. The number of hydrogen-bond donors (Lipinski definition) is 3. The number of imidazole rings is 1. The van der Waals surface area contributed by atoms with Crippen molar-refractivity contribution < 1.29 is 14.7 Å². The molecule has 2 aromatic carbocycles. The van der Waals surface area contributed by atoms with Gasteiger partial charge in [0, 0.05) is 19.4 Å². The number of carbonyl (C=O) groups is 2. The molecule has 128 valence electrons. The first-order valence-corrected chi connectivity index (χ1v) is 8.14. The lowest BCUT2D eigenvalue weighted by Crippen LogP contribution is -2.26. The van der Waals surface area contributed by atoms with Crippen LogP contribution < -0.4 is 5.32 Å². The summed E-state index contributed by atoms with van der Waals surface area (Å²) >= 11 is 0. The first-order chi connectivity index (χ1) is 12.1. The van der Waals surface area contributed by atoms with Gasteiger partial charge in [-0.05, 0) is 36.2 Å². The topological polar surface area (TPSA) is 95.1 Å². The van der Waals surface area contributed by atoms with Crippen molar-refractivity contribution in [2.75, 3.05) is 6.54 Å². The number of fused-ring (bicyclic) bond motifs is 1. The van der Waals surface area contributed by atoms with Gasteiger partial charge in [-0.3, -0.25) is 4.79 Å². The summed E-state index contributed by atoms with van der Waals surface area (Å²) < 4.78 is 0. The van der Waals surface area contributed by atoms with E-state index in [1.54, 1.807) is 24.3 Å². The normalized spacial score (nSPS) is 10.7. The molecule has 3 rings (SSSR count). The molecule has 0 fully saturated rings. The third kappa shape index (κ3) is 4.44. The molecule has 3 aromatic rings. The number of rotatable bonds is 7. The van der Waals surface area contributed by atoms with E-state index < -0.39 is 5.97 Å². The monoisotopic (exact) mass is 337 g/mol. The van der Waals surface area contributed by atoms with Gasteiger partial charge in [-0.15, -0.1) is 0 Å². The maximum Gasteiger partial charge on any atom is 0.335 e. The van der Waals surface area contributed by atoms with Crippen LogP contribution in [0.1, 0.15) is 28.2 Å². The maximum absolute atomic E-state index is 11.9.